The van der Waals surface area contributed by atoms with E-state index in [9.17, 15) is 14.9 Å². The molecule has 1 unspecified atom stereocenters. The van der Waals surface area contributed by atoms with Crippen molar-refractivity contribution in [2.75, 3.05) is 13.7 Å². The van der Waals surface area contributed by atoms with Crippen molar-refractivity contribution in [1.82, 2.24) is 4.90 Å². The summed E-state index contributed by atoms with van der Waals surface area (Å²) in [5.41, 5.74) is 2.51. The fourth-order valence-corrected chi connectivity index (χ4v) is 3.35. The standard InChI is InChI=1S/C19H20N2O4/c1-3-25-18-11-9-14(12-17(18)21(23)24)19(22)20(2)16-10-8-13-6-4-5-7-15(13)16/h4-7,9,11-12,16H,3,8,10H2,1-2H3. The number of fused-ring (bicyclic) bond motifs is 1. The van der Waals surface area contributed by atoms with Crippen LogP contribution in [0.4, 0.5) is 5.69 Å². The van der Waals surface area contributed by atoms with E-state index >= 15 is 0 Å². The molecule has 0 saturated carbocycles. The van der Waals surface area contributed by atoms with Crippen LogP contribution in [0, 0.1) is 10.1 Å². The lowest BCUT2D eigenvalue weighted by Gasteiger charge is -2.25. The first-order chi connectivity index (χ1) is 12.0. The molecule has 0 bridgehead atoms. The Morgan fingerprint density at radius 2 is 2.08 bits per heavy atom. The van der Waals surface area contributed by atoms with Gasteiger partial charge < -0.3 is 9.64 Å². The third-order valence-electron chi connectivity index (χ3n) is 4.59. The number of ether oxygens (including phenoxy) is 1. The molecule has 1 amide bonds. The summed E-state index contributed by atoms with van der Waals surface area (Å²) in [6.45, 7) is 2.08. The first-order valence-electron chi connectivity index (χ1n) is 8.29. The van der Waals surface area contributed by atoms with Crippen LogP contribution < -0.4 is 4.74 Å². The number of carbonyl (C=O) groups excluding carboxylic acids is 1. The van der Waals surface area contributed by atoms with Gasteiger partial charge in [-0.2, -0.15) is 0 Å². The average Bonchev–Trinajstić information content (AvgIpc) is 3.05. The number of benzene rings is 2. The molecular formula is C19H20N2O4. The Kier molecular flexibility index (Phi) is 4.70. The molecule has 25 heavy (non-hydrogen) atoms. The summed E-state index contributed by atoms with van der Waals surface area (Å²) in [5, 5.41) is 11.3. The lowest BCUT2D eigenvalue weighted by molar-refractivity contribution is -0.385. The summed E-state index contributed by atoms with van der Waals surface area (Å²) >= 11 is 0. The van der Waals surface area contributed by atoms with Gasteiger partial charge >= 0.3 is 5.69 Å². The Balaban J connectivity index is 1.88. The minimum Gasteiger partial charge on any atom is -0.487 e. The highest BCUT2D eigenvalue weighted by Gasteiger charge is 2.29. The Hall–Kier alpha value is -2.89. The molecule has 0 saturated heterocycles. The second kappa shape index (κ2) is 6.93. The van der Waals surface area contributed by atoms with Gasteiger partial charge in [0.15, 0.2) is 5.75 Å². The molecule has 1 aliphatic carbocycles. The van der Waals surface area contributed by atoms with Crippen LogP contribution in [-0.4, -0.2) is 29.4 Å². The van der Waals surface area contributed by atoms with E-state index in [1.807, 2.05) is 18.2 Å². The molecule has 2 aromatic carbocycles. The largest absolute Gasteiger partial charge is 0.487 e. The van der Waals surface area contributed by atoms with Crippen molar-refractivity contribution in [3.63, 3.8) is 0 Å². The third-order valence-corrected chi connectivity index (χ3v) is 4.59. The summed E-state index contributed by atoms with van der Waals surface area (Å²) in [7, 11) is 1.75. The third kappa shape index (κ3) is 3.20. The topological polar surface area (TPSA) is 72.7 Å². The van der Waals surface area contributed by atoms with Crippen molar-refractivity contribution in [3.05, 3.63) is 69.3 Å². The Bertz CT molecular complexity index is 819. The van der Waals surface area contributed by atoms with Crippen LogP contribution in [0.25, 0.3) is 0 Å². The number of nitro benzene ring substituents is 1. The second-order valence-electron chi connectivity index (χ2n) is 6.04. The summed E-state index contributed by atoms with van der Waals surface area (Å²) in [4.78, 5) is 25.3. The molecule has 6 heteroatoms. The molecule has 0 aromatic heterocycles. The SMILES string of the molecule is CCOc1ccc(C(=O)N(C)C2CCc3ccccc32)cc1[N+](=O)[O-]. The van der Waals surface area contributed by atoms with Crippen molar-refractivity contribution in [2.24, 2.45) is 0 Å². The normalized spacial score (nSPS) is 15.5. The minimum atomic E-state index is -0.521. The van der Waals surface area contributed by atoms with Gasteiger partial charge in [0.25, 0.3) is 5.91 Å². The molecule has 0 radical (unpaired) electrons. The molecule has 2 aromatic rings. The van der Waals surface area contributed by atoms with E-state index in [-0.39, 0.29) is 23.4 Å². The fourth-order valence-electron chi connectivity index (χ4n) is 3.35. The van der Waals surface area contributed by atoms with Crippen LogP contribution in [0.5, 0.6) is 5.75 Å². The van der Waals surface area contributed by atoms with Gasteiger partial charge in [0.05, 0.1) is 17.6 Å². The molecule has 6 nitrogen and oxygen atoms in total. The fraction of sp³-hybridized carbons (Fsp3) is 0.316. The lowest BCUT2D eigenvalue weighted by Crippen LogP contribution is -2.30. The van der Waals surface area contributed by atoms with Crippen LogP contribution in [0.2, 0.25) is 0 Å². The molecule has 0 heterocycles. The van der Waals surface area contributed by atoms with Crippen molar-refractivity contribution in [1.29, 1.82) is 0 Å². The van der Waals surface area contributed by atoms with Crippen molar-refractivity contribution < 1.29 is 14.5 Å². The van der Waals surface area contributed by atoms with Crippen molar-refractivity contribution >= 4 is 11.6 Å². The van der Waals surface area contributed by atoms with Crippen LogP contribution in [0.1, 0.15) is 40.9 Å². The molecule has 1 atom stereocenters. The minimum absolute atomic E-state index is 0.00526. The Labute approximate surface area is 146 Å². The zero-order valence-corrected chi connectivity index (χ0v) is 14.3. The monoisotopic (exact) mass is 340 g/mol. The van der Waals surface area contributed by atoms with Crippen LogP contribution in [0.15, 0.2) is 42.5 Å². The second-order valence-corrected chi connectivity index (χ2v) is 6.04. The van der Waals surface area contributed by atoms with E-state index in [1.165, 1.54) is 17.7 Å². The van der Waals surface area contributed by atoms with Gasteiger partial charge in [-0.25, -0.2) is 0 Å². The quantitative estimate of drug-likeness (QED) is 0.614. The van der Waals surface area contributed by atoms with Crippen molar-refractivity contribution in [3.8, 4) is 5.75 Å². The molecule has 1 aliphatic rings. The molecule has 0 aliphatic heterocycles. The molecule has 130 valence electrons. The Morgan fingerprint density at radius 1 is 1.32 bits per heavy atom. The van der Waals surface area contributed by atoms with Gasteiger partial charge in [-0.15, -0.1) is 0 Å². The van der Waals surface area contributed by atoms with E-state index < -0.39 is 4.92 Å². The van der Waals surface area contributed by atoms with Crippen LogP contribution in [0.3, 0.4) is 0 Å². The first kappa shape index (κ1) is 17.0. The number of nitro groups is 1. The highest BCUT2D eigenvalue weighted by atomic mass is 16.6. The van der Waals surface area contributed by atoms with Crippen LogP contribution in [-0.2, 0) is 6.42 Å². The number of amides is 1. The van der Waals surface area contributed by atoms with E-state index in [0.717, 1.165) is 18.4 Å². The molecule has 3 rings (SSSR count). The van der Waals surface area contributed by atoms with Gasteiger partial charge in [0.1, 0.15) is 0 Å². The predicted molar refractivity (Wildman–Crippen MR) is 93.9 cm³/mol. The number of hydrogen-bond acceptors (Lipinski definition) is 4. The van der Waals surface area contributed by atoms with Crippen LogP contribution >= 0.6 is 0 Å². The molecule has 0 fully saturated rings. The van der Waals surface area contributed by atoms with Gasteiger partial charge in [-0.05, 0) is 43.0 Å². The van der Waals surface area contributed by atoms with E-state index in [2.05, 4.69) is 6.07 Å². The average molecular weight is 340 g/mol. The number of rotatable bonds is 5. The van der Waals surface area contributed by atoms with E-state index in [1.54, 1.807) is 24.9 Å². The van der Waals surface area contributed by atoms with Gasteiger partial charge in [0.2, 0.25) is 0 Å². The molecule has 0 spiro atoms. The summed E-state index contributed by atoms with van der Waals surface area (Å²) < 4.78 is 5.27. The van der Waals surface area contributed by atoms with E-state index in [4.69, 9.17) is 4.74 Å². The first-order valence-corrected chi connectivity index (χ1v) is 8.29. The predicted octanol–water partition coefficient (Wildman–Crippen LogP) is 3.75. The number of nitrogens with zero attached hydrogens (tertiary/aromatic N) is 2. The number of aryl methyl sites for hydroxylation is 1. The summed E-state index contributed by atoms with van der Waals surface area (Å²) in [5.74, 6) is -0.0502. The van der Waals surface area contributed by atoms with Gasteiger partial charge in [0, 0.05) is 18.7 Å². The van der Waals surface area contributed by atoms with E-state index in [0.29, 0.717) is 12.2 Å². The number of hydrogen-bond donors (Lipinski definition) is 0. The maximum atomic E-state index is 12.8. The summed E-state index contributed by atoms with van der Waals surface area (Å²) in [6.07, 6.45) is 1.79. The zero-order valence-electron chi connectivity index (χ0n) is 14.3. The maximum Gasteiger partial charge on any atom is 0.311 e. The highest BCUT2D eigenvalue weighted by Crippen LogP contribution is 2.36. The van der Waals surface area contributed by atoms with Crippen molar-refractivity contribution in [2.45, 2.75) is 25.8 Å². The lowest BCUT2D eigenvalue weighted by atomic mass is 10.1. The highest BCUT2D eigenvalue weighted by molar-refractivity contribution is 5.95. The molecule has 0 N–H and O–H groups in total. The summed E-state index contributed by atoms with van der Waals surface area (Å²) in [6, 6.07) is 12.4. The van der Waals surface area contributed by atoms with Gasteiger partial charge in [-0.3, -0.25) is 14.9 Å². The molecular weight excluding hydrogens is 320 g/mol. The number of carbonyl (C=O) groups is 1. The Morgan fingerprint density at radius 3 is 2.80 bits per heavy atom. The maximum absolute atomic E-state index is 12.8. The zero-order chi connectivity index (χ0) is 18.0. The van der Waals surface area contributed by atoms with Gasteiger partial charge in [-0.1, -0.05) is 24.3 Å². The smallest absolute Gasteiger partial charge is 0.311 e.